The van der Waals surface area contributed by atoms with Gasteiger partial charge in [0.1, 0.15) is 0 Å². The maximum absolute atomic E-state index is 2.45. The molecule has 0 fully saturated rings. The molecule has 0 aliphatic heterocycles. The van der Waals surface area contributed by atoms with Crippen LogP contribution >= 0.6 is 0 Å². The molecule has 0 heterocycles. The number of rotatable bonds is 20. The molecule has 0 amide bonds. The van der Waals surface area contributed by atoms with E-state index in [2.05, 4.69) is 41.5 Å². The van der Waals surface area contributed by atoms with Gasteiger partial charge in [0, 0.05) is 0 Å². The Hall–Kier alpha value is 2.12. The van der Waals surface area contributed by atoms with E-state index in [0.29, 0.717) is 0 Å². The third-order valence-electron chi connectivity index (χ3n) is 6.35. The maximum atomic E-state index is 2.45. The molecule has 0 rings (SSSR count). The molecule has 0 bridgehead atoms. The predicted octanol–water partition coefficient (Wildman–Crippen LogP) is 9.38. The molecule has 0 aromatic rings. The molecule has 3 heteroatoms. The van der Waals surface area contributed by atoms with Crippen molar-refractivity contribution in [1.29, 1.82) is 0 Å². The van der Waals surface area contributed by atoms with Gasteiger partial charge in [-0.2, -0.15) is 0 Å². The van der Waals surface area contributed by atoms with Crippen LogP contribution in [-0.4, -0.2) is 40.8 Å². The predicted molar refractivity (Wildman–Crippen MR) is 136 cm³/mol. The topological polar surface area (TPSA) is 0 Å². The van der Waals surface area contributed by atoms with E-state index < -0.39 is 32.3 Å². The normalized spacial score (nSPS) is 12.7. The Morgan fingerprint density at radius 2 is 0.556 bits per heavy atom. The van der Waals surface area contributed by atoms with Crippen LogP contribution in [0.15, 0.2) is 0 Å². The molecule has 0 unspecified atom stereocenters. The van der Waals surface area contributed by atoms with Gasteiger partial charge >= 0.3 is 186 Å². The van der Waals surface area contributed by atoms with Gasteiger partial charge in [-0.1, -0.05) is 0 Å². The quantitative estimate of drug-likeness (QED) is 0.114. The van der Waals surface area contributed by atoms with Crippen molar-refractivity contribution in [3.8, 4) is 0 Å². The first-order chi connectivity index (χ1) is 13.1. The van der Waals surface area contributed by atoms with Gasteiger partial charge in [-0.15, -0.1) is 0 Å². The number of hydrogen-bond donors (Lipinski definition) is 0. The molecule has 27 heavy (non-hydrogen) atoms. The molecule has 0 atom stereocenters. The van der Waals surface area contributed by atoms with E-state index in [0.717, 1.165) is 0 Å². The molecule has 0 aliphatic carbocycles. The van der Waals surface area contributed by atoms with Crippen LogP contribution in [0.2, 0.25) is 26.6 Å². The summed E-state index contributed by atoms with van der Waals surface area (Å²) in [6, 6.07) is 0. The van der Waals surface area contributed by atoms with E-state index in [4.69, 9.17) is 0 Å². The van der Waals surface area contributed by atoms with Gasteiger partial charge in [0.2, 0.25) is 0 Å². The summed E-state index contributed by atoms with van der Waals surface area (Å²) < 4.78 is 10.7. The van der Waals surface area contributed by atoms with Gasteiger partial charge in [-0.25, -0.2) is 0 Å². The van der Waals surface area contributed by atoms with Crippen LogP contribution in [0.4, 0.5) is 0 Å². The SMILES string of the molecule is CCC[CH2][Sn]([CH2]CCC)([CH2]CCC)[Se][Sn]([CH2]CCC)([CH2]CCC)[CH2]CCC. The van der Waals surface area contributed by atoms with Crippen molar-refractivity contribution in [2.24, 2.45) is 0 Å². The molecule has 0 saturated heterocycles. The molecule has 0 spiro atoms. The van der Waals surface area contributed by atoms with Crippen LogP contribution in [0.5, 0.6) is 0 Å². The van der Waals surface area contributed by atoms with Crippen LogP contribution < -0.4 is 0 Å². The van der Waals surface area contributed by atoms with Gasteiger partial charge in [0.15, 0.2) is 0 Å². The summed E-state index contributed by atoms with van der Waals surface area (Å²) in [4.78, 5) is 0. The first kappa shape index (κ1) is 29.1. The fraction of sp³-hybridized carbons (Fsp3) is 1.00. The molecule has 0 aliphatic rings. The second-order valence-electron chi connectivity index (χ2n) is 9.09. The van der Waals surface area contributed by atoms with E-state index in [1.165, 1.54) is 47.0 Å². The molecule has 0 aromatic heterocycles. The van der Waals surface area contributed by atoms with Crippen molar-refractivity contribution in [3.05, 3.63) is 0 Å². The van der Waals surface area contributed by atoms with Crippen molar-refractivity contribution in [2.45, 2.75) is 145 Å². The summed E-state index contributed by atoms with van der Waals surface area (Å²) in [5.74, 6) is 0. The summed E-state index contributed by atoms with van der Waals surface area (Å²) in [6.07, 6.45) is 18.2. The summed E-state index contributed by atoms with van der Waals surface area (Å²) in [6.45, 7) is 14.7. The minimum absolute atomic E-state index is 1.22. The second-order valence-corrected chi connectivity index (χ2v) is 79.3. The third kappa shape index (κ3) is 13.2. The molecular weight excluding hydrogens is 605 g/mol. The van der Waals surface area contributed by atoms with E-state index >= 15 is 0 Å². The zero-order valence-corrected chi connectivity index (χ0v) is 27.6. The van der Waals surface area contributed by atoms with Gasteiger partial charge in [0.05, 0.1) is 0 Å². The Labute approximate surface area is 184 Å². The minimum atomic E-state index is -1.90. The van der Waals surface area contributed by atoms with Gasteiger partial charge in [-0.05, 0) is 0 Å². The summed E-state index contributed by atoms with van der Waals surface area (Å²) >= 11 is -3.80. The Morgan fingerprint density at radius 3 is 0.704 bits per heavy atom. The average Bonchev–Trinajstić information content (AvgIpc) is 2.70. The monoisotopic (exact) mass is 662 g/mol. The van der Waals surface area contributed by atoms with Crippen LogP contribution in [0, 0.1) is 0 Å². The van der Waals surface area contributed by atoms with Crippen molar-refractivity contribution < 1.29 is 0 Å². The van der Waals surface area contributed by atoms with Crippen LogP contribution in [-0.2, 0) is 0 Å². The standard InChI is InChI=1S/6C4H9.Se.2Sn/c6*1-3-4-2;;;/h6*1,3-4H2,2H3;;;. The summed E-state index contributed by atoms with van der Waals surface area (Å²) in [7, 11) is 1.22. The van der Waals surface area contributed by atoms with Crippen LogP contribution in [0.1, 0.15) is 119 Å². The summed E-state index contributed by atoms with van der Waals surface area (Å²) in [5, 5.41) is 0. The second kappa shape index (κ2) is 18.9. The van der Waals surface area contributed by atoms with Crippen molar-refractivity contribution in [3.63, 3.8) is 0 Å². The Morgan fingerprint density at radius 1 is 0.370 bits per heavy atom. The fourth-order valence-electron chi connectivity index (χ4n) is 4.51. The molecule has 164 valence electrons. The van der Waals surface area contributed by atoms with Gasteiger partial charge < -0.3 is 0 Å². The van der Waals surface area contributed by atoms with Crippen LogP contribution in [0.3, 0.4) is 0 Å². The zero-order chi connectivity index (χ0) is 20.4. The first-order valence-corrected chi connectivity index (χ1v) is 38.7. The van der Waals surface area contributed by atoms with Crippen LogP contribution in [0.25, 0.3) is 0 Å². The van der Waals surface area contributed by atoms with E-state index in [1.54, 1.807) is 65.1 Å². The third-order valence-corrected chi connectivity index (χ3v) is 146. The first-order valence-electron chi connectivity index (χ1n) is 12.8. The molecule has 0 aromatic carbocycles. The van der Waals surface area contributed by atoms with Crippen molar-refractivity contribution in [1.82, 2.24) is 0 Å². The molecule has 0 nitrogen and oxygen atoms in total. The van der Waals surface area contributed by atoms with E-state index in [-0.39, 0.29) is 0 Å². The zero-order valence-electron chi connectivity index (χ0n) is 20.1. The molecule has 0 radical (unpaired) electrons. The van der Waals surface area contributed by atoms with Crippen molar-refractivity contribution >= 4 is 40.8 Å². The Kier molecular flexibility index (Phi) is 20.3. The van der Waals surface area contributed by atoms with Gasteiger partial charge in [0.25, 0.3) is 0 Å². The van der Waals surface area contributed by atoms with E-state index in [9.17, 15) is 0 Å². The average molecular weight is 659 g/mol. The Bertz CT molecular complexity index is 246. The number of unbranched alkanes of at least 4 members (excludes halogenated alkanes) is 6. The molecular formula is C24H54SeSn2. The summed E-state index contributed by atoms with van der Waals surface area (Å²) in [5.41, 5.74) is 0. The van der Waals surface area contributed by atoms with Crippen molar-refractivity contribution in [2.75, 3.05) is 0 Å². The number of hydrogen-bond acceptors (Lipinski definition) is 0. The fourth-order valence-corrected chi connectivity index (χ4v) is 216. The molecule has 0 N–H and O–H groups in total. The Balaban J connectivity index is 5.66. The van der Waals surface area contributed by atoms with E-state index in [1.807, 2.05) is 0 Å². The molecule has 0 saturated carbocycles. The van der Waals surface area contributed by atoms with Gasteiger partial charge in [-0.3, -0.25) is 0 Å².